The van der Waals surface area contributed by atoms with Gasteiger partial charge in [0.05, 0.1) is 24.0 Å². The summed E-state index contributed by atoms with van der Waals surface area (Å²) >= 11 is 0. The van der Waals surface area contributed by atoms with Crippen LogP contribution < -0.4 is 10.2 Å². The Balaban J connectivity index is 2.15. The lowest BCUT2D eigenvalue weighted by molar-refractivity contribution is 0.0339. The summed E-state index contributed by atoms with van der Waals surface area (Å²) < 4.78 is 33.0. The molecule has 1 fully saturated rings. The van der Waals surface area contributed by atoms with E-state index in [2.05, 4.69) is 5.32 Å². The first-order valence-electron chi connectivity index (χ1n) is 6.25. The van der Waals surface area contributed by atoms with E-state index in [1.165, 1.54) is 11.0 Å². The molecule has 1 atom stereocenters. The standard InChI is InChI=1S/C13H16F2N2O3/c1-17(7-8-6-16-4-5-20-8)10-3-2-9(13(18)19)11(14)12(10)15/h2-3,8,16H,4-7H2,1H3,(H,18,19). The van der Waals surface area contributed by atoms with E-state index in [1.54, 1.807) is 7.05 Å². The number of benzene rings is 1. The Morgan fingerprint density at radius 1 is 1.50 bits per heavy atom. The quantitative estimate of drug-likeness (QED) is 0.867. The molecule has 0 spiro atoms. The van der Waals surface area contributed by atoms with Gasteiger partial charge in [-0.2, -0.15) is 0 Å². The Hall–Kier alpha value is -1.73. The molecule has 1 aromatic carbocycles. The highest BCUT2D eigenvalue weighted by Gasteiger charge is 2.22. The molecule has 0 bridgehead atoms. The summed E-state index contributed by atoms with van der Waals surface area (Å²) in [5.74, 6) is -3.99. The lowest BCUT2D eigenvalue weighted by Gasteiger charge is -2.29. The number of hydrogen-bond acceptors (Lipinski definition) is 4. The maximum absolute atomic E-state index is 13.9. The van der Waals surface area contributed by atoms with E-state index in [4.69, 9.17) is 9.84 Å². The molecule has 1 heterocycles. The lowest BCUT2D eigenvalue weighted by atomic mass is 10.1. The first kappa shape index (κ1) is 14.7. The van der Waals surface area contributed by atoms with Crippen molar-refractivity contribution in [2.24, 2.45) is 0 Å². The molecule has 1 unspecified atom stereocenters. The van der Waals surface area contributed by atoms with Gasteiger partial charge in [0.1, 0.15) is 0 Å². The molecule has 7 heteroatoms. The Morgan fingerprint density at radius 3 is 2.85 bits per heavy atom. The van der Waals surface area contributed by atoms with Gasteiger partial charge in [-0.25, -0.2) is 13.6 Å². The predicted molar refractivity (Wildman–Crippen MR) is 69.2 cm³/mol. The fraction of sp³-hybridized carbons (Fsp3) is 0.462. The number of ether oxygens (including phenoxy) is 1. The normalized spacial score (nSPS) is 18.9. The number of carboxylic acid groups (broad SMARTS) is 1. The SMILES string of the molecule is CN(CC1CNCCO1)c1ccc(C(=O)O)c(F)c1F. The minimum atomic E-state index is -1.49. The van der Waals surface area contributed by atoms with Gasteiger partial charge in [0.25, 0.3) is 0 Å². The number of rotatable bonds is 4. The van der Waals surface area contributed by atoms with Crippen molar-refractivity contribution in [3.05, 3.63) is 29.3 Å². The highest BCUT2D eigenvalue weighted by Crippen LogP contribution is 2.24. The van der Waals surface area contributed by atoms with E-state index >= 15 is 0 Å². The van der Waals surface area contributed by atoms with Gasteiger partial charge in [0.15, 0.2) is 11.6 Å². The van der Waals surface area contributed by atoms with Crippen molar-refractivity contribution in [2.75, 3.05) is 38.2 Å². The average molecular weight is 286 g/mol. The molecule has 1 aliphatic heterocycles. The van der Waals surface area contributed by atoms with Crippen LogP contribution in [-0.2, 0) is 4.74 Å². The van der Waals surface area contributed by atoms with E-state index in [9.17, 15) is 13.6 Å². The predicted octanol–water partition coefficient (Wildman–Crippen LogP) is 1.09. The summed E-state index contributed by atoms with van der Waals surface area (Å²) in [6.45, 7) is 2.38. The summed E-state index contributed by atoms with van der Waals surface area (Å²) in [7, 11) is 1.61. The van der Waals surface area contributed by atoms with Crippen LogP contribution in [0.1, 0.15) is 10.4 Å². The average Bonchev–Trinajstić information content (AvgIpc) is 2.42. The van der Waals surface area contributed by atoms with Crippen LogP contribution in [0.3, 0.4) is 0 Å². The molecule has 20 heavy (non-hydrogen) atoms. The van der Waals surface area contributed by atoms with Gasteiger partial charge in [-0.15, -0.1) is 0 Å². The first-order valence-corrected chi connectivity index (χ1v) is 6.25. The summed E-state index contributed by atoms with van der Waals surface area (Å²) in [6, 6.07) is 2.32. The van der Waals surface area contributed by atoms with Crippen LogP contribution in [-0.4, -0.2) is 50.5 Å². The monoisotopic (exact) mass is 286 g/mol. The third kappa shape index (κ3) is 3.05. The topological polar surface area (TPSA) is 61.8 Å². The molecule has 1 aromatic rings. The molecule has 1 saturated heterocycles. The van der Waals surface area contributed by atoms with Crippen molar-refractivity contribution < 1.29 is 23.4 Å². The van der Waals surface area contributed by atoms with Gasteiger partial charge >= 0.3 is 5.97 Å². The van der Waals surface area contributed by atoms with E-state index in [1.807, 2.05) is 0 Å². The number of likely N-dealkylation sites (N-methyl/N-ethyl adjacent to an activating group) is 1. The number of morpholine rings is 1. The summed E-state index contributed by atoms with van der Waals surface area (Å²) in [5, 5.41) is 11.9. The van der Waals surface area contributed by atoms with Crippen molar-refractivity contribution in [1.82, 2.24) is 5.32 Å². The van der Waals surface area contributed by atoms with Crippen molar-refractivity contribution in [2.45, 2.75) is 6.10 Å². The first-order chi connectivity index (χ1) is 9.50. The Labute approximate surface area is 115 Å². The number of halogens is 2. The van der Waals surface area contributed by atoms with E-state index in [0.29, 0.717) is 19.7 Å². The van der Waals surface area contributed by atoms with E-state index in [0.717, 1.165) is 12.6 Å². The minimum Gasteiger partial charge on any atom is -0.478 e. The van der Waals surface area contributed by atoms with Gasteiger partial charge in [-0.05, 0) is 12.1 Å². The molecule has 0 amide bonds. The van der Waals surface area contributed by atoms with E-state index in [-0.39, 0.29) is 11.8 Å². The van der Waals surface area contributed by atoms with Crippen LogP contribution in [0.5, 0.6) is 0 Å². The Morgan fingerprint density at radius 2 is 2.25 bits per heavy atom. The fourth-order valence-corrected chi connectivity index (χ4v) is 2.14. The second-order valence-corrected chi connectivity index (χ2v) is 4.64. The Bertz CT molecular complexity index is 505. The third-order valence-corrected chi connectivity index (χ3v) is 3.19. The molecule has 2 rings (SSSR count). The van der Waals surface area contributed by atoms with Crippen molar-refractivity contribution in [1.29, 1.82) is 0 Å². The van der Waals surface area contributed by atoms with Crippen LogP contribution >= 0.6 is 0 Å². The molecule has 2 N–H and O–H groups in total. The zero-order valence-electron chi connectivity index (χ0n) is 11.0. The van der Waals surface area contributed by atoms with Gasteiger partial charge in [0.2, 0.25) is 0 Å². The molecule has 1 aliphatic rings. The number of anilines is 1. The van der Waals surface area contributed by atoms with Crippen LogP contribution in [0, 0.1) is 11.6 Å². The Kier molecular flexibility index (Phi) is 4.51. The number of nitrogens with one attached hydrogen (secondary N) is 1. The number of nitrogens with zero attached hydrogens (tertiary/aromatic N) is 1. The maximum atomic E-state index is 13.9. The van der Waals surface area contributed by atoms with Crippen molar-refractivity contribution in [3.63, 3.8) is 0 Å². The van der Waals surface area contributed by atoms with Crippen LogP contribution in [0.2, 0.25) is 0 Å². The van der Waals surface area contributed by atoms with Gasteiger partial charge in [-0.1, -0.05) is 0 Å². The largest absolute Gasteiger partial charge is 0.478 e. The molecule has 110 valence electrons. The lowest BCUT2D eigenvalue weighted by Crippen LogP contribution is -2.44. The van der Waals surface area contributed by atoms with Crippen LogP contribution in [0.25, 0.3) is 0 Å². The molecule has 5 nitrogen and oxygen atoms in total. The summed E-state index contributed by atoms with van der Waals surface area (Å²) in [5.41, 5.74) is -0.656. The summed E-state index contributed by atoms with van der Waals surface area (Å²) in [6.07, 6.45) is -0.115. The number of carboxylic acids is 1. The zero-order chi connectivity index (χ0) is 14.7. The van der Waals surface area contributed by atoms with Gasteiger partial charge in [-0.3, -0.25) is 0 Å². The third-order valence-electron chi connectivity index (χ3n) is 3.19. The second kappa shape index (κ2) is 6.15. The smallest absolute Gasteiger partial charge is 0.338 e. The molecular weight excluding hydrogens is 270 g/mol. The zero-order valence-corrected chi connectivity index (χ0v) is 11.0. The molecule has 0 aromatic heterocycles. The number of hydrogen-bond donors (Lipinski definition) is 2. The highest BCUT2D eigenvalue weighted by molar-refractivity contribution is 5.88. The highest BCUT2D eigenvalue weighted by atomic mass is 19.2. The molecule has 0 saturated carbocycles. The summed E-state index contributed by atoms with van der Waals surface area (Å²) in [4.78, 5) is 12.2. The number of aromatic carboxylic acids is 1. The molecular formula is C13H16F2N2O3. The van der Waals surface area contributed by atoms with Crippen LogP contribution in [0.15, 0.2) is 12.1 Å². The van der Waals surface area contributed by atoms with Crippen molar-refractivity contribution >= 4 is 11.7 Å². The van der Waals surface area contributed by atoms with Crippen molar-refractivity contribution in [3.8, 4) is 0 Å². The second-order valence-electron chi connectivity index (χ2n) is 4.64. The fourth-order valence-electron chi connectivity index (χ4n) is 2.14. The van der Waals surface area contributed by atoms with E-state index < -0.39 is 23.2 Å². The maximum Gasteiger partial charge on any atom is 0.338 e. The van der Waals surface area contributed by atoms with Crippen LogP contribution in [0.4, 0.5) is 14.5 Å². The molecule has 0 radical (unpaired) electrons. The molecule has 0 aliphatic carbocycles. The van der Waals surface area contributed by atoms with Gasteiger partial charge < -0.3 is 20.1 Å². The minimum absolute atomic E-state index is 0.0154. The number of carbonyl (C=O) groups is 1. The van der Waals surface area contributed by atoms with Gasteiger partial charge in [0, 0.05) is 26.7 Å².